The van der Waals surface area contributed by atoms with Gasteiger partial charge in [0.15, 0.2) is 5.65 Å². The summed E-state index contributed by atoms with van der Waals surface area (Å²) in [5.41, 5.74) is 5.12. The summed E-state index contributed by atoms with van der Waals surface area (Å²) in [6, 6.07) is 12.1. The highest BCUT2D eigenvalue weighted by Gasteiger charge is 2.23. The maximum atomic E-state index is 13.8. The Balaban J connectivity index is 1.37. The molecule has 0 atom stereocenters. The molecule has 11 heteroatoms. The predicted octanol–water partition coefficient (Wildman–Crippen LogP) is 5.88. The number of aryl methyl sites for hydroxylation is 2. The first kappa shape index (κ1) is 27.5. The number of hydrogen-bond donors (Lipinski definition) is 1. The summed E-state index contributed by atoms with van der Waals surface area (Å²) in [6.07, 6.45) is 6.34. The molecule has 0 aliphatic carbocycles. The zero-order valence-corrected chi connectivity index (χ0v) is 25.0. The van der Waals surface area contributed by atoms with Crippen LogP contribution < -0.4 is 15.8 Å². The fourth-order valence-electron chi connectivity index (χ4n) is 5.62. The number of fused-ring (bicyclic) bond motifs is 3. The topological polar surface area (TPSA) is 83.6 Å². The van der Waals surface area contributed by atoms with Crippen LogP contribution in [0.15, 0.2) is 53.6 Å². The molecular weight excluding hydrogens is 559 g/mol. The number of rotatable bonds is 6. The number of halogens is 2. The minimum atomic E-state index is -0.340. The lowest BCUT2D eigenvalue weighted by molar-refractivity contribution is 0.249. The van der Waals surface area contributed by atoms with Gasteiger partial charge < -0.3 is 15.1 Å². The van der Waals surface area contributed by atoms with Gasteiger partial charge in [-0.1, -0.05) is 36.2 Å². The highest BCUT2D eigenvalue weighted by atomic mass is 35.5. The number of aromatic nitrogens is 5. The van der Waals surface area contributed by atoms with Crippen molar-refractivity contribution < 1.29 is 0 Å². The smallest absolute Gasteiger partial charge is 0.281 e. The fourth-order valence-corrected chi connectivity index (χ4v) is 6.18. The van der Waals surface area contributed by atoms with Crippen molar-refractivity contribution in [2.24, 2.45) is 0 Å². The molecule has 1 fully saturated rings. The molecule has 41 heavy (non-hydrogen) atoms. The van der Waals surface area contributed by atoms with Gasteiger partial charge in [-0.2, -0.15) is 0 Å². The van der Waals surface area contributed by atoms with Crippen LogP contribution in [0.25, 0.3) is 22.2 Å². The second-order valence-corrected chi connectivity index (χ2v) is 11.5. The van der Waals surface area contributed by atoms with Crippen LogP contribution in [0.5, 0.6) is 0 Å². The highest BCUT2D eigenvalue weighted by molar-refractivity contribution is 6.37. The molecule has 3 aromatic heterocycles. The maximum absolute atomic E-state index is 13.8. The number of piperidine rings is 1. The number of nitrogens with zero attached hydrogens (tertiary/aromatic N) is 7. The van der Waals surface area contributed by atoms with Gasteiger partial charge in [-0.3, -0.25) is 4.79 Å². The number of hydrogen-bond acceptors (Lipinski definition) is 7. The van der Waals surface area contributed by atoms with E-state index >= 15 is 0 Å². The van der Waals surface area contributed by atoms with Crippen LogP contribution in [0.1, 0.15) is 31.0 Å². The SMILES string of the molecule is CCc1cn2c(n1)c1nc(Nc3ccc(N4CCC(N(C)C)CC4)c(C)c3)ncc1c(=O)n2-c1c(Cl)cccc1Cl. The summed E-state index contributed by atoms with van der Waals surface area (Å²) in [4.78, 5) is 32.6. The van der Waals surface area contributed by atoms with E-state index in [1.807, 2.05) is 19.2 Å². The van der Waals surface area contributed by atoms with Crippen LogP contribution in [-0.2, 0) is 6.42 Å². The van der Waals surface area contributed by atoms with E-state index in [0.29, 0.717) is 50.7 Å². The average molecular weight is 592 g/mol. The molecule has 6 rings (SSSR count). The van der Waals surface area contributed by atoms with E-state index in [1.54, 1.807) is 22.7 Å². The number of imidazole rings is 1. The van der Waals surface area contributed by atoms with Gasteiger partial charge in [-0.05, 0) is 76.2 Å². The summed E-state index contributed by atoms with van der Waals surface area (Å²) in [7, 11) is 4.32. The van der Waals surface area contributed by atoms with Gasteiger partial charge in [0, 0.05) is 36.7 Å². The third-order valence-electron chi connectivity index (χ3n) is 7.88. The van der Waals surface area contributed by atoms with Crippen LogP contribution in [-0.4, -0.2) is 62.3 Å². The first-order valence-corrected chi connectivity index (χ1v) is 14.5. The molecule has 2 aromatic carbocycles. The van der Waals surface area contributed by atoms with E-state index in [2.05, 4.69) is 53.3 Å². The van der Waals surface area contributed by atoms with Crippen molar-refractivity contribution in [3.05, 3.63) is 80.4 Å². The van der Waals surface area contributed by atoms with Gasteiger partial charge in [0.1, 0.15) is 11.2 Å². The van der Waals surface area contributed by atoms with Crippen molar-refractivity contribution in [1.29, 1.82) is 0 Å². The number of nitrogens with one attached hydrogen (secondary N) is 1. The molecule has 0 unspecified atom stereocenters. The largest absolute Gasteiger partial charge is 0.371 e. The summed E-state index contributed by atoms with van der Waals surface area (Å²) in [6.45, 7) is 6.22. The predicted molar refractivity (Wildman–Crippen MR) is 167 cm³/mol. The standard InChI is InChI=1S/C30H32Cl2N8O/c1-5-19-17-39-28(34-19)26-22(29(41)40(39)27-23(31)7-6-8-24(27)32)16-33-30(36-26)35-20-9-10-25(18(2)15-20)38-13-11-21(12-14-38)37(3)4/h6-10,15-17,21H,5,11-14H2,1-4H3,(H,33,35,36). The third kappa shape index (κ3) is 5.03. The van der Waals surface area contributed by atoms with E-state index in [-0.39, 0.29) is 5.56 Å². The second-order valence-electron chi connectivity index (χ2n) is 10.7. The van der Waals surface area contributed by atoms with Crippen LogP contribution >= 0.6 is 23.2 Å². The Morgan fingerprint density at radius 1 is 1.07 bits per heavy atom. The molecule has 0 bridgehead atoms. The van der Waals surface area contributed by atoms with Gasteiger partial charge in [0.25, 0.3) is 5.56 Å². The number of anilines is 3. The van der Waals surface area contributed by atoms with Crippen molar-refractivity contribution >= 4 is 57.1 Å². The van der Waals surface area contributed by atoms with Crippen molar-refractivity contribution in [1.82, 2.24) is 29.0 Å². The maximum Gasteiger partial charge on any atom is 0.281 e. The normalized spacial score (nSPS) is 14.5. The molecule has 1 aliphatic heterocycles. The van der Waals surface area contributed by atoms with Crippen LogP contribution in [0.2, 0.25) is 10.0 Å². The van der Waals surface area contributed by atoms with Gasteiger partial charge in [0.2, 0.25) is 5.95 Å². The monoisotopic (exact) mass is 590 g/mol. The quantitative estimate of drug-likeness (QED) is 0.264. The lowest BCUT2D eigenvalue weighted by atomic mass is 10.0. The van der Waals surface area contributed by atoms with Gasteiger partial charge in [0.05, 0.1) is 27.3 Å². The fraction of sp³-hybridized carbons (Fsp3) is 0.333. The molecule has 0 spiro atoms. The van der Waals surface area contributed by atoms with E-state index < -0.39 is 0 Å². The van der Waals surface area contributed by atoms with Crippen LogP contribution in [0.4, 0.5) is 17.3 Å². The second kappa shape index (κ2) is 11.0. The van der Waals surface area contributed by atoms with Crippen molar-refractivity contribution in [2.45, 2.75) is 39.2 Å². The molecule has 0 amide bonds. The van der Waals surface area contributed by atoms with E-state index in [4.69, 9.17) is 33.2 Å². The molecule has 4 heterocycles. The minimum Gasteiger partial charge on any atom is -0.371 e. The first-order valence-electron chi connectivity index (χ1n) is 13.8. The summed E-state index contributed by atoms with van der Waals surface area (Å²) in [5.74, 6) is 0.382. The lowest BCUT2D eigenvalue weighted by Crippen LogP contribution is -2.42. The van der Waals surface area contributed by atoms with E-state index in [1.165, 1.54) is 22.1 Å². The lowest BCUT2D eigenvalue weighted by Gasteiger charge is -2.37. The Morgan fingerprint density at radius 3 is 2.46 bits per heavy atom. The van der Waals surface area contributed by atoms with Crippen LogP contribution in [0.3, 0.4) is 0 Å². The minimum absolute atomic E-state index is 0.319. The molecule has 212 valence electrons. The van der Waals surface area contributed by atoms with E-state index in [9.17, 15) is 4.79 Å². The Labute approximate surface area is 248 Å². The molecule has 5 aromatic rings. The number of para-hydroxylation sites is 1. The summed E-state index contributed by atoms with van der Waals surface area (Å²) >= 11 is 13.0. The Morgan fingerprint density at radius 2 is 1.80 bits per heavy atom. The van der Waals surface area contributed by atoms with Crippen molar-refractivity contribution in [3.63, 3.8) is 0 Å². The number of benzene rings is 2. The zero-order valence-electron chi connectivity index (χ0n) is 23.5. The summed E-state index contributed by atoms with van der Waals surface area (Å²) < 4.78 is 3.11. The summed E-state index contributed by atoms with van der Waals surface area (Å²) in [5, 5.41) is 4.35. The molecule has 1 N–H and O–H groups in total. The van der Waals surface area contributed by atoms with Gasteiger partial charge in [-0.25, -0.2) is 24.1 Å². The average Bonchev–Trinajstić information content (AvgIpc) is 3.39. The van der Waals surface area contributed by atoms with Gasteiger partial charge >= 0.3 is 0 Å². The highest BCUT2D eigenvalue weighted by Crippen LogP contribution is 2.30. The third-order valence-corrected chi connectivity index (χ3v) is 8.49. The molecular formula is C30H32Cl2N8O. The van der Waals surface area contributed by atoms with Crippen molar-refractivity contribution in [2.75, 3.05) is 37.4 Å². The molecule has 0 radical (unpaired) electrons. The van der Waals surface area contributed by atoms with E-state index in [0.717, 1.165) is 37.3 Å². The Kier molecular flexibility index (Phi) is 7.36. The van der Waals surface area contributed by atoms with Gasteiger partial charge in [-0.15, -0.1) is 0 Å². The molecule has 1 saturated heterocycles. The zero-order chi connectivity index (χ0) is 28.8. The first-order chi connectivity index (χ1) is 19.7. The molecule has 9 nitrogen and oxygen atoms in total. The Bertz CT molecular complexity index is 1800. The Hall–Kier alpha value is -3.66. The molecule has 1 aliphatic rings. The van der Waals surface area contributed by atoms with Crippen molar-refractivity contribution in [3.8, 4) is 5.69 Å². The molecule has 0 saturated carbocycles. The van der Waals surface area contributed by atoms with Crippen LogP contribution in [0, 0.1) is 6.92 Å².